The van der Waals surface area contributed by atoms with Crippen molar-refractivity contribution in [3.05, 3.63) is 48.2 Å². The maximum atomic E-state index is 7.92. The molecule has 112 valence electrons. The molecule has 0 aliphatic heterocycles. The van der Waals surface area contributed by atoms with E-state index in [-0.39, 0.29) is 5.96 Å². The first-order valence-corrected chi connectivity index (χ1v) is 6.91. The van der Waals surface area contributed by atoms with Crippen molar-refractivity contribution in [1.82, 2.24) is 24.8 Å². The van der Waals surface area contributed by atoms with Crippen LogP contribution in [0.2, 0.25) is 0 Å². The van der Waals surface area contributed by atoms with Crippen molar-refractivity contribution in [3.63, 3.8) is 0 Å². The number of aryl methyl sites for hydroxylation is 2. The molecule has 0 saturated heterocycles. The van der Waals surface area contributed by atoms with Crippen molar-refractivity contribution in [1.29, 1.82) is 5.41 Å². The summed E-state index contributed by atoms with van der Waals surface area (Å²) < 4.78 is 1.86. The molecular weight excluding hydrogens is 278 g/mol. The Labute approximate surface area is 127 Å². The number of benzene rings is 1. The van der Waals surface area contributed by atoms with Gasteiger partial charge in [-0.25, -0.2) is 15.0 Å². The first kappa shape index (κ1) is 14.0. The average molecular weight is 295 g/mol. The number of hydrogen-bond acceptors (Lipinski definition) is 4. The van der Waals surface area contributed by atoms with Gasteiger partial charge in [-0.2, -0.15) is 0 Å². The standard InChI is InChI=1S/C15H17N7/c1-10-12-5-3-4-6-13(12)20-15(19-10)21-14(16)17-7-11-8-22(2)9-18-11/h3-6,8-9H,7H2,1-2H3,(H3,16,17,19,20,21). The van der Waals surface area contributed by atoms with Gasteiger partial charge in [0.25, 0.3) is 0 Å². The molecule has 7 nitrogen and oxygen atoms in total. The number of fused-ring (bicyclic) bond motifs is 1. The van der Waals surface area contributed by atoms with Crippen LogP contribution in [0.25, 0.3) is 10.9 Å². The summed E-state index contributed by atoms with van der Waals surface area (Å²) in [5.74, 6) is 0.551. The number of aromatic nitrogens is 4. The second kappa shape index (κ2) is 5.80. The van der Waals surface area contributed by atoms with Crippen LogP contribution in [-0.2, 0) is 13.6 Å². The fourth-order valence-corrected chi connectivity index (χ4v) is 2.18. The Morgan fingerprint density at radius 3 is 2.86 bits per heavy atom. The molecule has 2 heterocycles. The summed E-state index contributed by atoms with van der Waals surface area (Å²) >= 11 is 0. The number of rotatable bonds is 3. The number of anilines is 1. The van der Waals surface area contributed by atoms with E-state index in [0.717, 1.165) is 22.3 Å². The van der Waals surface area contributed by atoms with E-state index in [1.54, 1.807) is 6.33 Å². The minimum atomic E-state index is 0.139. The minimum Gasteiger partial charge on any atom is -0.351 e. The van der Waals surface area contributed by atoms with E-state index < -0.39 is 0 Å². The van der Waals surface area contributed by atoms with Gasteiger partial charge in [-0.1, -0.05) is 18.2 Å². The highest BCUT2D eigenvalue weighted by atomic mass is 15.2. The summed E-state index contributed by atoms with van der Waals surface area (Å²) in [4.78, 5) is 13.0. The lowest BCUT2D eigenvalue weighted by atomic mass is 10.2. The van der Waals surface area contributed by atoms with Crippen LogP contribution in [0.15, 0.2) is 36.8 Å². The van der Waals surface area contributed by atoms with Gasteiger partial charge in [0.1, 0.15) is 0 Å². The lowest BCUT2D eigenvalue weighted by molar-refractivity contribution is 0.868. The third-order valence-electron chi connectivity index (χ3n) is 3.24. The van der Waals surface area contributed by atoms with Crippen molar-refractivity contribution < 1.29 is 0 Å². The minimum absolute atomic E-state index is 0.139. The summed E-state index contributed by atoms with van der Waals surface area (Å²) in [5.41, 5.74) is 2.60. The van der Waals surface area contributed by atoms with Crippen molar-refractivity contribution >= 4 is 22.8 Å². The van der Waals surface area contributed by atoms with E-state index in [2.05, 4.69) is 25.6 Å². The predicted molar refractivity (Wildman–Crippen MR) is 85.7 cm³/mol. The van der Waals surface area contributed by atoms with Gasteiger partial charge in [0.15, 0.2) is 5.96 Å². The molecule has 0 spiro atoms. The Balaban J connectivity index is 1.68. The number of imidazole rings is 1. The molecular formula is C15H17N7. The maximum absolute atomic E-state index is 7.92. The molecule has 0 atom stereocenters. The second-order valence-corrected chi connectivity index (χ2v) is 5.03. The normalized spacial score (nSPS) is 10.6. The largest absolute Gasteiger partial charge is 0.351 e. The average Bonchev–Trinajstić information content (AvgIpc) is 2.91. The summed E-state index contributed by atoms with van der Waals surface area (Å²) in [7, 11) is 1.91. The highest BCUT2D eigenvalue weighted by molar-refractivity contribution is 5.91. The fraction of sp³-hybridized carbons (Fsp3) is 0.200. The number of nitrogens with zero attached hydrogens (tertiary/aromatic N) is 4. The highest BCUT2D eigenvalue weighted by Gasteiger charge is 2.06. The van der Waals surface area contributed by atoms with E-state index in [1.807, 2.05) is 49.0 Å². The van der Waals surface area contributed by atoms with Crippen LogP contribution in [-0.4, -0.2) is 25.5 Å². The number of nitrogens with one attached hydrogen (secondary N) is 3. The second-order valence-electron chi connectivity index (χ2n) is 5.03. The molecule has 0 unspecified atom stereocenters. The molecule has 3 aromatic rings. The SMILES string of the molecule is Cc1nc(NC(=N)NCc2cn(C)cn2)nc2ccccc12. The first-order chi connectivity index (χ1) is 10.6. The van der Waals surface area contributed by atoms with Gasteiger partial charge in [-0.3, -0.25) is 10.7 Å². The molecule has 0 aliphatic carbocycles. The Bertz CT molecular complexity index is 822. The Morgan fingerprint density at radius 1 is 1.27 bits per heavy atom. The van der Waals surface area contributed by atoms with Crippen molar-refractivity contribution in [2.75, 3.05) is 5.32 Å². The van der Waals surface area contributed by atoms with Gasteiger partial charge in [-0.05, 0) is 13.0 Å². The third-order valence-corrected chi connectivity index (χ3v) is 3.24. The zero-order valence-corrected chi connectivity index (χ0v) is 12.5. The molecule has 22 heavy (non-hydrogen) atoms. The lowest BCUT2D eigenvalue weighted by Crippen LogP contribution is -2.30. The zero-order valence-electron chi connectivity index (χ0n) is 12.5. The van der Waals surface area contributed by atoms with E-state index in [0.29, 0.717) is 12.5 Å². The molecule has 0 fully saturated rings. The summed E-state index contributed by atoms with van der Waals surface area (Å²) in [6.07, 6.45) is 3.63. The molecule has 0 saturated carbocycles. The topological polar surface area (TPSA) is 91.5 Å². The Hall–Kier alpha value is -2.96. The molecule has 3 N–H and O–H groups in total. The Morgan fingerprint density at radius 2 is 2.09 bits per heavy atom. The van der Waals surface area contributed by atoms with Crippen LogP contribution in [0, 0.1) is 12.3 Å². The quantitative estimate of drug-likeness (QED) is 0.506. The van der Waals surface area contributed by atoms with Gasteiger partial charge in [0.2, 0.25) is 5.95 Å². The van der Waals surface area contributed by atoms with Gasteiger partial charge in [0.05, 0.1) is 29.8 Å². The molecule has 3 rings (SSSR count). The number of guanidine groups is 1. The number of hydrogen-bond donors (Lipinski definition) is 3. The van der Waals surface area contributed by atoms with Gasteiger partial charge in [0, 0.05) is 18.6 Å². The summed E-state index contributed by atoms with van der Waals surface area (Å²) in [6.45, 7) is 2.40. The fourth-order valence-electron chi connectivity index (χ4n) is 2.18. The molecule has 7 heteroatoms. The summed E-state index contributed by atoms with van der Waals surface area (Å²) in [5, 5.41) is 14.8. The molecule has 0 bridgehead atoms. The van der Waals surface area contributed by atoms with E-state index in [1.165, 1.54) is 0 Å². The Kier molecular flexibility index (Phi) is 3.69. The highest BCUT2D eigenvalue weighted by Crippen LogP contribution is 2.16. The monoisotopic (exact) mass is 295 g/mol. The lowest BCUT2D eigenvalue weighted by Gasteiger charge is -2.09. The van der Waals surface area contributed by atoms with E-state index in [9.17, 15) is 0 Å². The third kappa shape index (κ3) is 3.03. The van der Waals surface area contributed by atoms with Crippen LogP contribution in [0.4, 0.5) is 5.95 Å². The van der Waals surface area contributed by atoms with Gasteiger partial charge < -0.3 is 9.88 Å². The van der Waals surface area contributed by atoms with E-state index in [4.69, 9.17) is 5.41 Å². The van der Waals surface area contributed by atoms with Crippen molar-refractivity contribution in [2.45, 2.75) is 13.5 Å². The van der Waals surface area contributed by atoms with E-state index >= 15 is 0 Å². The number of para-hydroxylation sites is 1. The van der Waals surface area contributed by atoms with Crippen LogP contribution < -0.4 is 10.6 Å². The molecule has 0 amide bonds. The summed E-state index contributed by atoms with van der Waals surface area (Å²) in [6, 6.07) is 7.81. The molecule has 1 aromatic carbocycles. The first-order valence-electron chi connectivity index (χ1n) is 6.91. The van der Waals surface area contributed by atoms with Crippen molar-refractivity contribution in [3.8, 4) is 0 Å². The van der Waals surface area contributed by atoms with Crippen LogP contribution >= 0.6 is 0 Å². The van der Waals surface area contributed by atoms with Crippen LogP contribution in [0.5, 0.6) is 0 Å². The van der Waals surface area contributed by atoms with Gasteiger partial charge >= 0.3 is 0 Å². The van der Waals surface area contributed by atoms with Crippen molar-refractivity contribution in [2.24, 2.45) is 7.05 Å². The van der Waals surface area contributed by atoms with Crippen LogP contribution in [0.3, 0.4) is 0 Å². The molecule has 2 aromatic heterocycles. The zero-order chi connectivity index (χ0) is 15.5. The predicted octanol–water partition coefficient (Wildman–Crippen LogP) is 1.81. The molecule has 0 radical (unpaired) electrons. The van der Waals surface area contributed by atoms with Gasteiger partial charge in [-0.15, -0.1) is 0 Å². The van der Waals surface area contributed by atoms with Crippen LogP contribution in [0.1, 0.15) is 11.4 Å². The smallest absolute Gasteiger partial charge is 0.230 e. The maximum Gasteiger partial charge on any atom is 0.230 e. The molecule has 0 aliphatic rings.